The maximum absolute atomic E-state index is 11.7. The molecule has 5 rings (SSSR count). The van der Waals surface area contributed by atoms with Crippen LogP contribution in [0.25, 0.3) is 33.2 Å². The Bertz CT molecular complexity index is 1240. The predicted octanol–water partition coefficient (Wildman–Crippen LogP) is 3.43. The van der Waals surface area contributed by atoms with E-state index in [0.29, 0.717) is 12.4 Å². The second kappa shape index (κ2) is 7.05. The lowest BCUT2D eigenvalue weighted by atomic mass is 9.74. The van der Waals surface area contributed by atoms with E-state index in [4.69, 9.17) is 0 Å². The Morgan fingerprint density at radius 1 is 1.20 bits per heavy atom. The third-order valence-corrected chi connectivity index (χ3v) is 5.70. The zero-order chi connectivity index (χ0) is 20.7. The first-order chi connectivity index (χ1) is 14.5. The van der Waals surface area contributed by atoms with E-state index in [1.165, 1.54) is 0 Å². The van der Waals surface area contributed by atoms with Crippen LogP contribution in [0.5, 0.6) is 0 Å². The predicted molar refractivity (Wildman–Crippen MR) is 116 cm³/mol. The molecule has 0 unspecified atom stereocenters. The molecule has 3 heterocycles. The van der Waals surface area contributed by atoms with Crippen molar-refractivity contribution in [1.29, 1.82) is 0 Å². The largest absolute Gasteiger partial charge is 0.351 e. The van der Waals surface area contributed by atoms with Gasteiger partial charge in [-0.15, -0.1) is 0 Å². The van der Waals surface area contributed by atoms with E-state index in [0.717, 1.165) is 46.0 Å². The van der Waals surface area contributed by atoms with Crippen molar-refractivity contribution in [3.63, 3.8) is 0 Å². The highest BCUT2D eigenvalue weighted by Crippen LogP contribution is 2.34. The Morgan fingerprint density at radius 3 is 2.80 bits per heavy atom. The number of fused-ring (bicyclic) bond motifs is 2. The van der Waals surface area contributed by atoms with Crippen LogP contribution < -0.4 is 10.6 Å². The van der Waals surface area contributed by atoms with Crippen molar-refractivity contribution < 1.29 is 4.79 Å². The van der Waals surface area contributed by atoms with E-state index in [9.17, 15) is 4.79 Å². The fourth-order valence-corrected chi connectivity index (χ4v) is 4.19. The molecule has 30 heavy (non-hydrogen) atoms. The van der Waals surface area contributed by atoms with Crippen LogP contribution in [0, 0.1) is 0 Å². The van der Waals surface area contributed by atoms with E-state index in [1.807, 2.05) is 37.5 Å². The highest BCUT2D eigenvalue weighted by atomic mass is 16.1. The number of carbonyl (C=O) groups excluding carboxylic acids is 1. The molecular weight excluding hydrogens is 378 g/mol. The molecule has 1 aromatic carbocycles. The van der Waals surface area contributed by atoms with Crippen LogP contribution in [0.2, 0.25) is 0 Å². The zero-order valence-electron chi connectivity index (χ0n) is 16.9. The number of anilines is 1. The number of nitrogens with zero attached hydrogens (tertiary/aromatic N) is 4. The molecule has 0 aliphatic heterocycles. The van der Waals surface area contributed by atoms with E-state index >= 15 is 0 Å². The number of aromatic amines is 1. The summed E-state index contributed by atoms with van der Waals surface area (Å²) in [5.74, 6) is 0.682. The highest BCUT2D eigenvalue weighted by molar-refractivity contribution is 5.95. The summed E-state index contributed by atoms with van der Waals surface area (Å²) < 4.78 is 0. The molecule has 3 N–H and O–H groups in total. The Kier molecular flexibility index (Phi) is 4.34. The van der Waals surface area contributed by atoms with Crippen LogP contribution in [-0.2, 0) is 4.79 Å². The average molecular weight is 401 g/mol. The van der Waals surface area contributed by atoms with Crippen LogP contribution >= 0.6 is 0 Å². The Balaban J connectivity index is 1.34. The van der Waals surface area contributed by atoms with Gasteiger partial charge in [0, 0.05) is 53.7 Å². The first kappa shape index (κ1) is 18.5. The highest BCUT2D eigenvalue weighted by Gasteiger charge is 2.41. The van der Waals surface area contributed by atoms with Crippen molar-refractivity contribution in [2.45, 2.75) is 44.7 Å². The number of H-pyrrole nitrogens is 1. The zero-order valence-corrected chi connectivity index (χ0v) is 16.9. The summed E-state index contributed by atoms with van der Waals surface area (Å²) in [6.45, 7) is 3.94. The summed E-state index contributed by atoms with van der Waals surface area (Å²) in [6, 6.07) is 6.28. The maximum atomic E-state index is 11.7. The first-order valence-electron chi connectivity index (χ1n) is 10.2. The SMILES string of the molecule is CCC(=O)NC1(C)CC(Nc2ncc3c(-c4ccc5nccnc5c4)c[nH]c3n2)C1. The van der Waals surface area contributed by atoms with E-state index in [1.54, 1.807) is 12.4 Å². The summed E-state index contributed by atoms with van der Waals surface area (Å²) in [5.41, 5.74) is 4.43. The van der Waals surface area contributed by atoms with E-state index in [-0.39, 0.29) is 17.5 Å². The first-order valence-corrected chi connectivity index (χ1v) is 10.2. The normalized spacial score (nSPS) is 20.8. The van der Waals surface area contributed by atoms with Crippen molar-refractivity contribution in [2.75, 3.05) is 5.32 Å². The second-order valence-corrected chi connectivity index (χ2v) is 8.13. The lowest BCUT2D eigenvalue weighted by Crippen LogP contribution is -2.59. The summed E-state index contributed by atoms with van der Waals surface area (Å²) in [6.07, 6.45) is 9.39. The van der Waals surface area contributed by atoms with Gasteiger partial charge in [-0.2, -0.15) is 4.98 Å². The minimum Gasteiger partial charge on any atom is -0.351 e. The molecule has 1 amide bonds. The van der Waals surface area contributed by atoms with Crippen molar-refractivity contribution in [3.05, 3.63) is 43.0 Å². The second-order valence-electron chi connectivity index (χ2n) is 8.13. The Morgan fingerprint density at radius 2 is 2.00 bits per heavy atom. The van der Waals surface area contributed by atoms with Crippen molar-refractivity contribution in [2.24, 2.45) is 0 Å². The van der Waals surface area contributed by atoms with Gasteiger partial charge < -0.3 is 15.6 Å². The van der Waals surface area contributed by atoms with Gasteiger partial charge in [0.15, 0.2) is 0 Å². The molecule has 1 aliphatic carbocycles. The van der Waals surface area contributed by atoms with Gasteiger partial charge in [-0.3, -0.25) is 14.8 Å². The summed E-state index contributed by atoms with van der Waals surface area (Å²) in [7, 11) is 0. The standard InChI is InChI=1S/C22H23N7O/c1-3-19(30)29-22(2)9-14(10-22)27-21-26-12-16-15(11-25-20(16)28-21)13-4-5-17-18(8-13)24-7-6-23-17/h4-8,11-12,14H,3,9-10H2,1-2H3,(H,29,30)(H2,25,26,27,28). The number of carbonyl (C=O) groups is 1. The molecule has 0 bridgehead atoms. The minimum absolute atomic E-state index is 0.0900. The number of hydrogen-bond donors (Lipinski definition) is 3. The third kappa shape index (κ3) is 3.34. The molecule has 1 saturated carbocycles. The number of amides is 1. The quantitative estimate of drug-likeness (QED) is 0.473. The molecule has 0 spiro atoms. The average Bonchev–Trinajstić information content (AvgIpc) is 3.15. The lowest BCUT2D eigenvalue weighted by Gasteiger charge is -2.45. The Hall–Kier alpha value is -3.55. The number of benzene rings is 1. The van der Waals surface area contributed by atoms with Crippen LogP contribution in [-0.4, -0.2) is 42.4 Å². The summed E-state index contributed by atoms with van der Waals surface area (Å²) in [5, 5.41) is 7.42. The molecule has 1 aliphatic rings. The number of rotatable bonds is 5. The van der Waals surface area contributed by atoms with E-state index in [2.05, 4.69) is 42.5 Å². The molecule has 0 atom stereocenters. The molecule has 8 heteroatoms. The van der Waals surface area contributed by atoms with Gasteiger partial charge in [-0.05, 0) is 37.5 Å². The summed E-state index contributed by atoms with van der Waals surface area (Å²) >= 11 is 0. The topological polar surface area (TPSA) is 108 Å². The van der Waals surface area contributed by atoms with Gasteiger partial charge in [-0.25, -0.2) is 4.98 Å². The number of nitrogens with one attached hydrogen (secondary N) is 3. The van der Waals surface area contributed by atoms with Gasteiger partial charge in [0.25, 0.3) is 0 Å². The smallest absolute Gasteiger partial charge is 0.224 e. The van der Waals surface area contributed by atoms with Gasteiger partial charge in [0.05, 0.1) is 11.0 Å². The maximum Gasteiger partial charge on any atom is 0.224 e. The Labute approximate surface area is 173 Å². The van der Waals surface area contributed by atoms with Crippen molar-refractivity contribution >= 4 is 33.9 Å². The fraction of sp³-hybridized carbons (Fsp3) is 0.318. The molecule has 3 aromatic heterocycles. The minimum atomic E-state index is -0.145. The van der Waals surface area contributed by atoms with Crippen LogP contribution in [0.4, 0.5) is 5.95 Å². The van der Waals surface area contributed by atoms with Gasteiger partial charge >= 0.3 is 0 Å². The van der Waals surface area contributed by atoms with Crippen LogP contribution in [0.3, 0.4) is 0 Å². The van der Waals surface area contributed by atoms with Gasteiger partial charge in [0.2, 0.25) is 11.9 Å². The molecule has 0 radical (unpaired) electrons. The fourth-order valence-electron chi connectivity index (χ4n) is 4.19. The molecule has 0 saturated heterocycles. The van der Waals surface area contributed by atoms with Crippen LogP contribution in [0.1, 0.15) is 33.1 Å². The van der Waals surface area contributed by atoms with Crippen molar-refractivity contribution in [3.8, 4) is 11.1 Å². The van der Waals surface area contributed by atoms with E-state index < -0.39 is 0 Å². The molecule has 4 aromatic rings. The number of hydrogen-bond acceptors (Lipinski definition) is 6. The molecule has 1 fully saturated rings. The van der Waals surface area contributed by atoms with Gasteiger partial charge in [0.1, 0.15) is 5.65 Å². The molecule has 152 valence electrons. The monoisotopic (exact) mass is 401 g/mol. The van der Waals surface area contributed by atoms with Gasteiger partial charge in [-0.1, -0.05) is 13.0 Å². The lowest BCUT2D eigenvalue weighted by molar-refractivity contribution is -0.123. The summed E-state index contributed by atoms with van der Waals surface area (Å²) in [4.78, 5) is 32.8. The molecular formula is C22H23N7O. The number of aromatic nitrogens is 5. The molecule has 8 nitrogen and oxygen atoms in total. The third-order valence-electron chi connectivity index (χ3n) is 5.70. The van der Waals surface area contributed by atoms with Crippen LogP contribution in [0.15, 0.2) is 43.0 Å². The van der Waals surface area contributed by atoms with Crippen molar-refractivity contribution in [1.82, 2.24) is 30.2 Å².